The van der Waals surface area contributed by atoms with Crippen molar-refractivity contribution in [2.75, 3.05) is 19.7 Å². The maximum atomic E-state index is 13.4. The first-order valence-corrected chi connectivity index (χ1v) is 7.48. The van der Waals surface area contributed by atoms with Gasteiger partial charge in [0.2, 0.25) is 5.91 Å². The van der Waals surface area contributed by atoms with Crippen LogP contribution in [0.3, 0.4) is 0 Å². The minimum atomic E-state index is -0.804. The van der Waals surface area contributed by atoms with Crippen molar-refractivity contribution in [3.05, 3.63) is 47.5 Å². The number of rotatable bonds is 3. The van der Waals surface area contributed by atoms with Gasteiger partial charge in [0.15, 0.2) is 6.10 Å². The Balaban J connectivity index is 1.84. The van der Waals surface area contributed by atoms with Gasteiger partial charge in [-0.1, -0.05) is 6.07 Å². The highest BCUT2D eigenvalue weighted by atomic mass is 19.1. The van der Waals surface area contributed by atoms with E-state index in [1.807, 2.05) is 0 Å². The molecule has 1 atom stereocenters. The van der Waals surface area contributed by atoms with Gasteiger partial charge in [-0.2, -0.15) is 5.10 Å². The van der Waals surface area contributed by atoms with Crippen molar-refractivity contribution in [2.45, 2.75) is 13.0 Å². The Morgan fingerprint density at radius 3 is 2.92 bits per heavy atom. The third kappa shape index (κ3) is 3.13. The Morgan fingerprint density at radius 1 is 1.42 bits per heavy atom. The van der Waals surface area contributed by atoms with Crippen LogP contribution in [0.4, 0.5) is 4.39 Å². The fraction of sp³-hybridized carbons (Fsp3) is 0.312. The molecule has 2 N–H and O–H groups in total. The van der Waals surface area contributed by atoms with E-state index in [9.17, 15) is 14.0 Å². The number of morpholine rings is 1. The molecule has 24 heavy (non-hydrogen) atoms. The molecule has 126 valence electrons. The summed E-state index contributed by atoms with van der Waals surface area (Å²) in [5.41, 5.74) is 6.67. The van der Waals surface area contributed by atoms with E-state index in [2.05, 4.69) is 5.10 Å². The lowest BCUT2D eigenvalue weighted by Gasteiger charge is -2.31. The van der Waals surface area contributed by atoms with E-state index in [0.29, 0.717) is 23.5 Å². The molecule has 1 unspecified atom stereocenters. The number of ether oxygens (including phenoxy) is 1. The molecule has 0 bridgehead atoms. The van der Waals surface area contributed by atoms with Crippen LogP contribution in [0.1, 0.15) is 16.1 Å². The van der Waals surface area contributed by atoms with Crippen molar-refractivity contribution in [2.24, 2.45) is 5.73 Å². The second kappa shape index (κ2) is 6.40. The summed E-state index contributed by atoms with van der Waals surface area (Å²) in [5.74, 6) is -1.24. The summed E-state index contributed by atoms with van der Waals surface area (Å²) in [6.45, 7) is 2.43. The van der Waals surface area contributed by atoms with Crippen molar-refractivity contribution in [3.63, 3.8) is 0 Å². The number of nitrogens with zero attached hydrogens (tertiary/aromatic N) is 3. The summed E-state index contributed by atoms with van der Waals surface area (Å²) in [7, 11) is 0. The monoisotopic (exact) mass is 332 g/mol. The van der Waals surface area contributed by atoms with E-state index in [1.165, 1.54) is 21.7 Å². The summed E-state index contributed by atoms with van der Waals surface area (Å²) in [6.07, 6.45) is 0.752. The van der Waals surface area contributed by atoms with Crippen molar-refractivity contribution in [1.82, 2.24) is 14.7 Å². The quantitative estimate of drug-likeness (QED) is 0.893. The number of carbonyl (C=O) groups is 2. The summed E-state index contributed by atoms with van der Waals surface area (Å²) in [6, 6.07) is 5.94. The molecule has 2 amide bonds. The highest BCUT2D eigenvalue weighted by Crippen LogP contribution is 2.16. The Labute approximate surface area is 137 Å². The van der Waals surface area contributed by atoms with Gasteiger partial charge in [-0.25, -0.2) is 9.07 Å². The van der Waals surface area contributed by atoms with Gasteiger partial charge < -0.3 is 15.4 Å². The molecule has 0 spiro atoms. The van der Waals surface area contributed by atoms with Gasteiger partial charge in [-0.05, 0) is 25.1 Å². The predicted molar refractivity (Wildman–Crippen MR) is 83.1 cm³/mol. The molecule has 3 rings (SSSR count). The maximum absolute atomic E-state index is 13.4. The van der Waals surface area contributed by atoms with Crippen molar-refractivity contribution < 1.29 is 18.7 Å². The number of hydrogen-bond acceptors (Lipinski definition) is 4. The van der Waals surface area contributed by atoms with E-state index in [1.54, 1.807) is 25.3 Å². The third-order valence-electron chi connectivity index (χ3n) is 3.87. The van der Waals surface area contributed by atoms with Gasteiger partial charge in [0.1, 0.15) is 5.82 Å². The van der Waals surface area contributed by atoms with Gasteiger partial charge in [-0.15, -0.1) is 0 Å². The molecule has 1 aliphatic rings. The van der Waals surface area contributed by atoms with Gasteiger partial charge in [-0.3, -0.25) is 9.59 Å². The van der Waals surface area contributed by atoms with E-state index >= 15 is 0 Å². The maximum Gasteiger partial charge on any atom is 0.257 e. The lowest BCUT2D eigenvalue weighted by atomic mass is 10.2. The Morgan fingerprint density at radius 2 is 2.21 bits per heavy atom. The van der Waals surface area contributed by atoms with Crippen LogP contribution in [0.5, 0.6) is 0 Å². The third-order valence-corrected chi connectivity index (χ3v) is 3.87. The predicted octanol–water partition coefficient (Wildman–Crippen LogP) is 0.646. The second-order valence-corrected chi connectivity index (χ2v) is 5.57. The van der Waals surface area contributed by atoms with Crippen molar-refractivity contribution in [3.8, 4) is 5.69 Å². The number of aromatic nitrogens is 2. The first-order chi connectivity index (χ1) is 11.5. The van der Waals surface area contributed by atoms with Crippen LogP contribution in [-0.4, -0.2) is 52.3 Å². The van der Waals surface area contributed by atoms with Gasteiger partial charge in [0.25, 0.3) is 5.91 Å². The molecule has 2 aromatic rings. The fourth-order valence-corrected chi connectivity index (χ4v) is 2.60. The van der Waals surface area contributed by atoms with Crippen LogP contribution in [0.25, 0.3) is 5.69 Å². The molecule has 2 heterocycles. The first kappa shape index (κ1) is 16.1. The minimum Gasteiger partial charge on any atom is -0.367 e. The van der Waals surface area contributed by atoms with E-state index in [-0.39, 0.29) is 24.9 Å². The molecule has 8 heteroatoms. The lowest BCUT2D eigenvalue weighted by molar-refractivity contribution is -0.133. The largest absolute Gasteiger partial charge is 0.367 e. The van der Waals surface area contributed by atoms with E-state index in [0.717, 1.165) is 0 Å². The topological polar surface area (TPSA) is 90.4 Å². The van der Waals surface area contributed by atoms with E-state index < -0.39 is 12.0 Å². The molecular formula is C16H17FN4O3. The SMILES string of the molecule is Cc1nn(-c2cccc(F)c2)cc1C(=O)N1CCOC(C(N)=O)C1. The molecule has 1 aliphatic heterocycles. The molecule has 0 saturated carbocycles. The van der Waals surface area contributed by atoms with Gasteiger partial charge in [0, 0.05) is 12.7 Å². The number of amides is 2. The molecule has 0 aliphatic carbocycles. The summed E-state index contributed by atoms with van der Waals surface area (Å²) in [4.78, 5) is 25.5. The Hall–Kier alpha value is -2.74. The minimum absolute atomic E-state index is 0.110. The Kier molecular flexibility index (Phi) is 4.30. The zero-order valence-electron chi connectivity index (χ0n) is 13.1. The number of nitrogens with two attached hydrogens (primary N) is 1. The Bertz CT molecular complexity index is 789. The van der Waals surface area contributed by atoms with Crippen LogP contribution in [0.15, 0.2) is 30.5 Å². The molecule has 1 saturated heterocycles. The van der Waals surface area contributed by atoms with Crippen LogP contribution in [0.2, 0.25) is 0 Å². The van der Waals surface area contributed by atoms with Crippen LogP contribution in [-0.2, 0) is 9.53 Å². The summed E-state index contributed by atoms with van der Waals surface area (Å²) in [5, 5.41) is 4.27. The number of aryl methyl sites for hydroxylation is 1. The molecule has 1 fully saturated rings. The average Bonchev–Trinajstić information content (AvgIpc) is 2.96. The van der Waals surface area contributed by atoms with Crippen LogP contribution < -0.4 is 5.73 Å². The highest BCUT2D eigenvalue weighted by Gasteiger charge is 2.29. The molecular weight excluding hydrogens is 315 g/mol. The van der Waals surface area contributed by atoms with Crippen molar-refractivity contribution >= 4 is 11.8 Å². The average molecular weight is 332 g/mol. The number of carbonyl (C=O) groups excluding carboxylic acids is 2. The fourth-order valence-electron chi connectivity index (χ4n) is 2.60. The molecule has 1 aromatic carbocycles. The zero-order chi connectivity index (χ0) is 17.3. The number of benzene rings is 1. The lowest BCUT2D eigenvalue weighted by Crippen LogP contribution is -2.50. The number of halogens is 1. The van der Waals surface area contributed by atoms with E-state index in [4.69, 9.17) is 10.5 Å². The van der Waals surface area contributed by atoms with Crippen LogP contribution in [0, 0.1) is 12.7 Å². The zero-order valence-corrected chi connectivity index (χ0v) is 13.1. The van der Waals surface area contributed by atoms with Crippen LogP contribution >= 0.6 is 0 Å². The first-order valence-electron chi connectivity index (χ1n) is 7.48. The molecule has 0 radical (unpaired) electrons. The number of primary amides is 1. The smallest absolute Gasteiger partial charge is 0.257 e. The summed E-state index contributed by atoms with van der Waals surface area (Å²) < 4.78 is 20.1. The standard InChI is InChI=1S/C16H17FN4O3/c1-10-13(8-21(19-10)12-4-2-3-11(17)7-12)16(23)20-5-6-24-14(9-20)15(18)22/h2-4,7-8,14H,5-6,9H2,1H3,(H2,18,22). The molecule has 7 nitrogen and oxygen atoms in total. The van der Waals surface area contributed by atoms with Gasteiger partial charge >= 0.3 is 0 Å². The number of hydrogen-bond donors (Lipinski definition) is 1. The second-order valence-electron chi connectivity index (χ2n) is 5.57. The van der Waals surface area contributed by atoms with Gasteiger partial charge in [0.05, 0.1) is 30.1 Å². The normalized spacial score (nSPS) is 17.8. The highest BCUT2D eigenvalue weighted by molar-refractivity contribution is 5.95. The van der Waals surface area contributed by atoms with Crippen molar-refractivity contribution in [1.29, 1.82) is 0 Å². The summed E-state index contributed by atoms with van der Waals surface area (Å²) >= 11 is 0. The molecule has 1 aromatic heterocycles.